The third-order valence-corrected chi connectivity index (χ3v) is 2.60. The number of rotatable bonds is 3. The molecule has 1 aromatic rings. The Balaban J connectivity index is 2.76. The standard InChI is InChI=1S/C9H9Cl2NOS/c10-7-2-1-6(5-8(7)11)9(14)13-4-3-12/h1-2,5H,3-4,12H2. The first kappa shape index (κ1) is 11.7. The van der Waals surface area contributed by atoms with Crippen molar-refractivity contribution in [3.8, 4) is 0 Å². The van der Waals surface area contributed by atoms with Crippen LogP contribution in [0.1, 0.15) is 5.56 Å². The number of hydrogen-bond acceptors (Lipinski definition) is 3. The van der Waals surface area contributed by atoms with E-state index in [0.717, 1.165) is 5.56 Å². The van der Waals surface area contributed by atoms with Gasteiger partial charge in [-0.3, -0.25) is 0 Å². The number of benzene rings is 1. The van der Waals surface area contributed by atoms with E-state index in [9.17, 15) is 0 Å². The summed E-state index contributed by atoms with van der Waals surface area (Å²) < 4.78 is 5.18. The lowest BCUT2D eigenvalue weighted by Crippen LogP contribution is -2.12. The van der Waals surface area contributed by atoms with E-state index in [0.29, 0.717) is 28.2 Å². The molecule has 0 bridgehead atoms. The highest BCUT2D eigenvalue weighted by Crippen LogP contribution is 2.23. The highest BCUT2D eigenvalue weighted by atomic mass is 35.5. The molecule has 0 heterocycles. The summed E-state index contributed by atoms with van der Waals surface area (Å²) in [5, 5.41) is 1.34. The molecule has 0 aliphatic rings. The second kappa shape index (κ2) is 5.51. The molecule has 2 nitrogen and oxygen atoms in total. The van der Waals surface area contributed by atoms with Crippen molar-refractivity contribution in [1.29, 1.82) is 0 Å². The molecule has 76 valence electrons. The summed E-state index contributed by atoms with van der Waals surface area (Å²) >= 11 is 16.6. The fourth-order valence-electron chi connectivity index (χ4n) is 0.858. The van der Waals surface area contributed by atoms with Crippen LogP contribution in [0.25, 0.3) is 0 Å². The van der Waals surface area contributed by atoms with Gasteiger partial charge in [-0.2, -0.15) is 0 Å². The predicted molar refractivity (Wildman–Crippen MR) is 63.2 cm³/mol. The molecule has 0 unspecified atom stereocenters. The van der Waals surface area contributed by atoms with Crippen molar-refractivity contribution in [3.05, 3.63) is 33.8 Å². The molecule has 0 aliphatic carbocycles. The van der Waals surface area contributed by atoms with Gasteiger partial charge in [-0.15, -0.1) is 0 Å². The van der Waals surface area contributed by atoms with Crippen molar-refractivity contribution < 1.29 is 4.74 Å². The Morgan fingerprint density at radius 1 is 1.36 bits per heavy atom. The number of ether oxygens (including phenoxy) is 1. The molecular formula is C9H9Cl2NOS. The quantitative estimate of drug-likeness (QED) is 0.837. The minimum absolute atomic E-state index is 0.383. The smallest absolute Gasteiger partial charge is 0.191 e. The second-order valence-corrected chi connectivity index (χ2v) is 3.74. The molecule has 0 saturated heterocycles. The van der Waals surface area contributed by atoms with Crippen molar-refractivity contribution in [1.82, 2.24) is 0 Å². The molecule has 1 rings (SSSR count). The van der Waals surface area contributed by atoms with Crippen LogP contribution in [0.5, 0.6) is 0 Å². The Kier molecular flexibility index (Phi) is 4.62. The van der Waals surface area contributed by atoms with Crippen molar-refractivity contribution >= 4 is 40.5 Å². The Labute approximate surface area is 97.9 Å². The van der Waals surface area contributed by atoms with Gasteiger partial charge in [-0.05, 0) is 30.4 Å². The van der Waals surface area contributed by atoms with Crippen LogP contribution in [-0.2, 0) is 4.74 Å². The van der Waals surface area contributed by atoms with Crippen LogP contribution in [0.3, 0.4) is 0 Å². The van der Waals surface area contributed by atoms with E-state index in [1.807, 2.05) is 0 Å². The van der Waals surface area contributed by atoms with Crippen LogP contribution in [0.2, 0.25) is 10.0 Å². The monoisotopic (exact) mass is 249 g/mol. The molecule has 5 heteroatoms. The van der Waals surface area contributed by atoms with Crippen LogP contribution < -0.4 is 5.73 Å². The molecular weight excluding hydrogens is 241 g/mol. The maximum atomic E-state index is 5.82. The summed E-state index contributed by atoms with van der Waals surface area (Å²) in [5.74, 6) is 0. The maximum absolute atomic E-state index is 5.82. The number of thiocarbonyl (C=S) groups is 1. The number of halogens is 2. The van der Waals surface area contributed by atoms with Gasteiger partial charge < -0.3 is 10.5 Å². The minimum Gasteiger partial charge on any atom is -0.482 e. The lowest BCUT2D eigenvalue weighted by atomic mass is 10.2. The molecule has 14 heavy (non-hydrogen) atoms. The SMILES string of the molecule is NCCOC(=S)c1ccc(Cl)c(Cl)c1. The van der Waals surface area contributed by atoms with Crippen LogP contribution in [0.4, 0.5) is 0 Å². The summed E-state index contributed by atoms with van der Waals surface area (Å²) in [6.07, 6.45) is 0. The zero-order valence-electron chi connectivity index (χ0n) is 7.30. The van der Waals surface area contributed by atoms with E-state index in [-0.39, 0.29) is 0 Å². The summed E-state index contributed by atoms with van der Waals surface area (Å²) in [6, 6.07) is 5.10. The van der Waals surface area contributed by atoms with E-state index >= 15 is 0 Å². The van der Waals surface area contributed by atoms with E-state index < -0.39 is 0 Å². The maximum Gasteiger partial charge on any atom is 0.191 e. The van der Waals surface area contributed by atoms with Gasteiger partial charge in [-0.25, -0.2) is 0 Å². The Morgan fingerprint density at radius 2 is 2.07 bits per heavy atom. The minimum atomic E-state index is 0.383. The number of hydrogen-bond donors (Lipinski definition) is 1. The average molecular weight is 250 g/mol. The van der Waals surface area contributed by atoms with Gasteiger partial charge in [0.1, 0.15) is 6.61 Å². The third-order valence-electron chi connectivity index (χ3n) is 1.51. The molecule has 0 saturated carbocycles. The molecule has 0 fully saturated rings. The Morgan fingerprint density at radius 3 is 2.64 bits per heavy atom. The molecule has 0 radical (unpaired) electrons. The highest BCUT2D eigenvalue weighted by Gasteiger charge is 2.04. The van der Waals surface area contributed by atoms with Gasteiger partial charge in [0.05, 0.1) is 10.0 Å². The molecule has 2 N–H and O–H groups in total. The summed E-state index contributed by atoms with van der Waals surface area (Å²) in [5.41, 5.74) is 6.02. The van der Waals surface area contributed by atoms with Gasteiger partial charge in [0.25, 0.3) is 0 Å². The highest BCUT2D eigenvalue weighted by molar-refractivity contribution is 7.80. The van der Waals surface area contributed by atoms with E-state index in [4.69, 9.17) is 45.9 Å². The zero-order chi connectivity index (χ0) is 10.6. The molecule has 0 aliphatic heterocycles. The van der Waals surface area contributed by atoms with Gasteiger partial charge in [0.2, 0.25) is 0 Å². The molecule has 0 amide bonds. The van der Waals surface area contributed by atoms with Gasteiger partial charge in [-0.1, -0.05) is 23.2 Å². The van der Waals surface area contributed by atoms with E-state index in [1.54, 1.807) is 18.2 Å². The van der Waals surface area contributed by atoms with Crippen molar-refractivity contribution in [2.75, 3.05) is 13.2 Å². The van der Waals surface area contributed by atoms with Gasteiger partial charge in [0, 0.05) is 12.1 Å². The van der Waals surface area contributed by atoms with Gasteiger partial charge in [0.15, 0.2) is 5.05 Å². The molecule has 0 atom stereocenters. The van der Waals surface area contributed by atoms with Gasteiger partial charge >= 0.3 is 0 Å². The summed E-state index contributed by atoms with van der Waals surface area (Å²) in [7, 11) is 0. The first-order chi connectivity index (χ1) is 6.65. The third kappa shape index (κ3) is 3.10. The Hall–Kier alpha value is -0.350. The fourth-order valence-corrected chi connectivity index (χ4v) is 1.37. The summed E-state index contributed by atoms with van der Waals surface area (Å²) in [6.45, 7) is 0.834. The zero-order valence-corrected chi connectivity index (χ0v) is 9.62. The van der Waals surface area contributed by atoms with Crippen LogP contribution in [0.15, 0.2) is 18.2 Å². The Bertz CT molecular complexity index is 344. The average Bonchev–Trinajstić information content (AvgIpc) is 2.18. The van der Waals surface area contributed by atoms with Crippen molar-refractivity contribution in [2.45, 2.75) is 0 Å². The largest absolute Gasteiger partial charge is 0.482 e. The lowest BCUT2D eigenvalue weighted by Gasteiger charge is -2.06. The van der Waals surface area contributed by atoms with Crippen molar-refractivity contribution in [3.63, 3.8) is 0 Å². The van der Waals surface area contributed by atoms with Crippen molar-refractivity contribution in [2.24, 2.45) is 5.73 Å². The van der Waals surface area contributed by atoms with E-state index in [2.05, 4.69) is 0 Å². The number of nitrogens with two attached hydrogens (primary N) is 1. The first-order valence-corrected chi connectivity index (χ1v) is 5.14. The second-order valence-electron chi connectivity index (χ2n) is 2.55. The predicted octanol–water partition coefficient (Wildman–Crippen LogP) is 2.64. The fraction of sp³-hybridized carbons (Fsp3) is 0.222. The lowest BCUT2D eigenvalue weighted by molar-refractivity contribution is 0.325. The molecule has 0 spiro atoms. The van der Waals surface area contributed by atoms with Crippen LogP contribution >= 0.6 is 35.4 Å². The summed E-state index contributed by atoms with van der Waals surface area (Å²) in [4.78, 5) is 0. The van der Waals surface area contributed by atoms with E-state index in [1.165, 1.54) is 0 Å². The normalized spacial score (nSPS) is 9.93. The molecule has 1 aromatic carbocycles. The first-order valence-electron chi connectivity index (χ1n) is 3.97. The van der Waals surface area contributed by atoms with Crippen LogP contribution in [0, 0.1) is 0 Å². The molecule has 0 aromatic heterocycles. The van der Waals surface area contributed by atoms with Crippen LogP contribution in [-0.4, -0.2) is 18.2 Å². The topological polar surface area (TPSA) is 35.2 Å².